The fourth-order valence-corrected chi connectivity index (χ4v) is 2.52. The van der Waals surface area contributed by atoms with Crippen LogP contribution >= 0.6 is 0 Å². The molecule has 2 aromatic rings. The van der Waals surface area contributed by atoms with Gasteiger partial charge in [0, 0.05) is 38.6 Å². The Kier molecular flexibility index (Phi) is 3.83. The molecule has 7 nitrogen and oxygen atoms in total. The standard InChI is InChI=1S/C15H17N7/c1-11-12(2)19-20-14(13(11)10-16)21-6-8-22(9-7-21)15-17-4-3-5-18-15/h3-5H,6-9H2,1-2H3. The van der Waals surface area contributed by atoms with Crippen LogP contribution in [0.3, 0.4) is 0 Å². The number of nitriles is 1. The van der Waals surface area contributed by atoms with E-state index in [2.05, 4.69) is 36.0 Å². The molecule has 1 aliphatic rings. The Balaban J connectivity index is 1.78. The molecule has 7 heteroatoms. The van der Waals surface area contributed by atoms with Crippen molar-refractivity contribution in [3.05, 3.63) is 35.3 Å². The van der Waals surface area contributed by atoms with E-state index in [1.807, 2.05) is 19.9 Å². The molecule has 0 bridgehead atoms. The van der Waals surface area contributed by atoms with E-state index in [1.54, 1.807) is 12.4 Å². The molecule has 0 N–H and O–H groups in total. The van der Waals surface area contributed by atoms with Crippen molar-refractivity contribution in [2.45, 2.75) is 13.8 Å². The smallest absolute Gasteiger partial charge is 0.225 e. The van der Waals surface area contributed by atoms with Crippen LogP contribution in [-0.2, 0) is 0 Å². The zero-order valence-electron chi connectivity index (χ0n) is 12.7. The first-order chi connectivity index (χ1) is 10.7. The minimum atomic E-state index is 0.622. The van der Waals surface area contributed by atoms with Gasteiger partial charge < -0.3 is 9.80 Å². The average molecular weight is 295 g/mol. The molecule has 0 aliphatic carbocycles. The lowest BCUT2D eigenvalue weighted by Gasteiger charge is -2.35. The lowest BCUT2D eigenvalue weighted by Crippen LogP contribution is -2.47. The van der Waals surface area contributed by atoms with Gasteiger partial charge in [0.25, 0.3) is 0 Å². The molecule has 0 aromatic carbocycles. The molecule has 0 unspecified atom stereocenters. The Morgan fingerprint density at radius 2 is 1.64 bits per heavy atom. The van der Waals surface area contributed by atoms with Crippen molar-refractivity contribution in [2.24, 2.45) is 0 Å². The monoisotopic (exact) mass is 295 g/mol. The summed E-state index contributed by atoms with van der Waals surface area (Å²) in [5, 5.41) is 17.8. The van der Waals surface area contributed by atoms with Crippen molar-refractivity contribution < 1.29 is 0 Å². The minimum Gasteiger partial charge on any atom is -0.350 e. The summed E-state index contributed by atoms with van der Waals surface area (Å²) in [5.74, 6) is 1.42. The summed E-state index contributed by atoms with van der Waals surface area (Å²) < 4.78 is 0. The zero-order chi connectivity index (χ0) is 15.5. The number of aromatic nitrogens is 4. The first-order valence-electron chi connectivity index (χ1n) is 7.21. The molecule has 3 heterocycles. The molecule has 0 saturated carbocycles. The summed E-state index contributed by atoms with van der Waals surface area (Å²) in [6.07, 6.45) is 3.49. The SMILES string of the molecule is Cc1nnc(N2CCN(c3ncccn3)CC2)c(C#N)c1C. The number of rotatable bonds is 2. The van der Waals surface area contributed by atoms with E-state index >= 15 is 0 Å². The number of anilines is 2. The van der Waals surface area contributed by atoms with Gasteiger partial charge in [-0.05, 0) is 25.5 Å². The lowest BCUT2D eigenvalue weighted by atomic mass is 10.1. The molecule has 1 aliphatic heterocycles. The largest absolute Gasteiger partial charge is 0.350 e. The van der Waals surface area contributed by atoms with E-state index in [1.165, 1.54) is 0 Å². The highest BCUT2D eigenvalue weighted by molar-refractivity contribution is 5.58. The number of piperazine rings is 1. The Morgan fingerprint density at radius 1 is 1.00 bits per heavy atom. The van der Waals surface area contributed by atoms with Gasteiger partial charge in [-0.25, -0.2) is 9.97 Å². The van der Waals surface area contributed by atoms with Gasteiger partial charge in [0.05, 0.1) is 5.69 Å². The molecule has 22 heavy (non-hydrogen) atoms. The third-order valence-electron chi connectivity index (χ3n) is 3.96. The highest BCUT2D eigenvalue weighted by Gasteiger charge is 2.23. The van der Waals surface area contributed by atoms with Crippen molar-refractivity contribution >= 4 is 11.8 Å². The highest BCUT2D eigenvalue weighted by atomic mass is 15.3. The Bertz CT molecular complexity index is 700. The Morgan fingerprint density at radius 3 is 2.27 bits per heavy atom. The topological polar surface area (TPSA) is 81.8 Å². The van der Waals surface area contributed by atoms with Crippen LogP contribution in [0.4, 0.5) is 11.8 Å². The molecule has 0 amide bonds. The summed E-state index contributed by atoms with van der Waals surface area (Å²) in [4.78, 5) is 12.8. The van der Waals surface area contributed by atoms with Crippen molar-refractivity contribution in [1.29, 1.82) is 5.26 Å². The van der Waals surface area contributed by atoms with E-state index in [4.69, 9.17) is 0 Å². The minimum absolute atomic E-state index is 0.622. The molecule has 2 aromatic heterocycles. The van der Waals surface area contributed by atoms with Gasteiger partial charge in [-0.15, -0.1) is 5.10 Å². The zero-order valence-corrected chi connectivity index (χ0v) is 12.7. The second-order valence-electron chi connectivity index (χ2n) is 5.24. The fourth-order valence-electron chi connectivity index (χ4n) is 2.52. The molecule has 0 spiro atoms. The van der Waals surface area contributed by atoms with Gasteiger partial charge >= 0.3 is 0 Å². The number of nitrogens with zero attached hydrogens (tertiary/aromatic N) is 7. The third kappa shape index (κ3) is 2.55. The lowest BCUT2D eigenvalue weighted by molar-refractivity contribution is 0.629. The van der Waals surface area contributed by atoms with Crippen LogP contribution in [0.15, 0.2) is 18.5 Å². The summed E-state index contributed by atoms with van der Waals surface area (Å²) in [5.41, 5.74) is 2.33. The molecule has 112 valence electrons. The number of hydrogen-bond acceptors (Lipinski definition) is 7. The van der Waals surface area contributed by atoms with E-state index < -0.39 is 0 Å². The first kappa shape index (κ1) is 14.2. The predicted octanol–water partition coefficient (Wildman–Crippen LogP) is 1.08. The van der Waals surface area contributed by atoms with Gasteiger partial charge in [0.15, 0.2) is 5.82 Å². The second kappa shape index (κ2) is 5.93. The summed E-state index contributed by atoms with van der Waals surface area (Å²) >= 11 is 0. The molecule has 0 radical (unpaired) electrons. The van der Waals surface area contributed by atoms with Gasteiger partial charge in [-0.2, -0.15) is 10.4 Å². The fraction of sp³-hybridized carbons (Fsp3) is 0.400. The van der Waals surface area contributed by atoms with Crippen LogP contribution in [0.1, 0.15) is 16.8 Å². The van der Waals surface area contributed by atoms with Gasteiger partial charge in [0.1, 0.15) is 11.6 Å². The van der Waals surface area contributed by atoms with Crippen molar-refractivity contribution in [1.82, 2.24) is 20.2 Å². The first-order valence-corrected chi connectivity index (χ1v) is 7.21. The van der Waals surface area contributed by atoms with Crippen LogP contribution < -0.4 is 9.80 Å². The quantitative estimate of drug-likeness (QED) is 0.820. The van der Waals surface area contributed by atoms with E-state index in [-0.39, 0.29) is 0 Å². The van der Waals surface area contributed by atoms with Crippen LogP contribution in [0, 0.1) is 25.2 Å². The summed E-state index contributed by atoms with van der Waals surface area (Å²) in [6.45, 7) is 6.92. The number of aryl methyl sites for hydroxylation is 1. The molecule has 1 fully saturated rings. The van der Waals surface area contributed by atoms with Crippen molar-refractivity contribution in [3.8, 4) is 6.07 Å². The molecule has 1 saturated heterocycles. The van der Waals surface area contributed by atoms with E-state index in [0.717, 1.165) is 43.4 Å². The highest BCUT2D eigenvalue weighted by Crippen LogP contribution is 2.23. The average Bonchev–Trinajstić information content (AvgIpc) is 2.58. The van der Waals surface area contributed by atoms with Gasteiger partial charge in [0.2, 0.25) is 5.95 Å². The Labute approximate surface area is 129 Å². The normalized spacial score (nSPS) is 14.8. The van der Waals surface area contributed by atoms with Crippen LogP contribution in [-0.4, -0.2) is 46.3 Å². The maximum absolute atomic E-state index is 9.41. The van der Waals surface area contributed by atoms with Gasteiger partial charge in [-0.3, -0.25) is 0 Å². The third-order valence-corrected chi connectivity index (χ3v) is 3.96. The maximum atomic E-state index is 9.41. The summed E-state index contributed by atoms with van der Waals surface area (Å²) in [7, 11) is 0. The molecular formula is C15H17N7. The second-order valence-corrected chi connectivity index (χ2v) is 5.24. The molecule has 0 atom stereocenters. The maximum Gasteiger partial charge on any atom is 0.225 e. The van der Waals surface area contributed by atoms with Gasteiger partial charge in [-0.1, -0.05) is 0 Å². The van der Waals surface area contributed by atoms with Crippen molar-refractivity contribution in [2.75, 3.05) is 36.0 Å². The predicted molar refractivity (Wildman–Crippen MR) is 82.7 cm³/mol. The van der Waals surface area contributed by atoms with Crippen LogP contribution in [0.25, 0.3) is 0 Å². The molecular weight excluding hydrogens is 278 g/mol. The molecule has 3 rings (SSSR count). The van der Waals surface area contributed by atoms with Crippen LogP contribution in [0.2, 0.25) is 0 Å². The van der Waals surface area contributed by atoms with Crippen LogP contribution in [0.5, 0.6) is 0 Å². The summed E-state index contributed by atoms with van der Waals surface area (Å²) in [6, 6.07) is 4.07. The van der Waals surface area contributed by atoms with E-state index in [0.29, 0.717) is 11.4 Å². The van der Waals surface area contributed by atoms with Crippen molar-refractivity contribution in [3.63, 3.8) is 0 Å². The van der Waals surface area contributed by atoms with E-state index in [9.17, 15) is 5.26 Å². The number of hydrogen-bond donors (Lipinski definition) is 0. The Hall–Kier alpha value is -2.75.